The van der Waals surface area contributed by atoms with E-state index < -0.39 is 28.1 Å². The number of hydrogen-bond donors (Lipinski definition) is 1. The molecule has 2 heterocycles. The third-order valence-electron chi connectivity index (χ3n) is 3.74. The Morgan fingerprint density at radius 1 is 1.11 bits per heavy atom. The lowest BCUT2D eigenvalue weighted by Gasteiger charge is -2.28. The van der Waals surface area contributed by atoms with Crippen molar-refractivity contribution in [3.8, 4) is 0 Å². The molecule has 1 N–H and O–H groups in total. The van der Waals surface area contributed by atoms with Crippen LogP contribution in [0.5, 0.6) is 0 Å². The summed E-state index contributed by atoms with van der Waals surface area (Å²) >= 11 is 0. The van der Waals surface area contributed by atoms with Crippen molar-refractivity contribution in [2.24, 2.45) is 0 Å². The van der Waals surface area contributed by atoms with Crippen LogP contribution in [0.15, 0.2) is 0 Å². The molecule has 2 aliphatic rings. The Morgan fingerprint density at radius 3 is 2.26 bits per heavy atom. The number of aliphatic carboxylic acids is 1. The molecule has 2 fully saturated rings. The van der Waals surface area contributed by atoms with Gasteiger partial charge >= 0.3 is 5.97 Å². The maximum absolute atomic E-state index is 12.4. The molecule has 0 radical (unpaired) electrons. The number of hydrogen-bond acceptors (Lipinski definition) is 4. The van der Waals surface area contributed by atoms with Gasteiger partial charge in [-0.1, -0.05) is 0 Å². The van der Waals surface area contributed by atoms with Crippen molar-refractivity contribution in [1.29, 1.82) is 0 Å². The minimum atomic E-state index is -3.43. The zero-order valence-corrected chi connectivity index (χ0v) is 11.6. The van der Waals surface area contributed by atoms with Gasteiger partial charge in [-0.3, -0.25) is 4.79 Å². The lowest BCUT2D eigenvalue weighted by molar-refractivity contribution is -0.149. The highest BCUT2D eigenvalue weighted by molar-refractivity contribution is 7.88. The number of carbonyl (C=O) groups is 2. The zero-order valence-electron chi connectivity index (χ0n) is 10.8. The van der Waals surface area contributed by atoms with Crippen molar-refractivity contribution in [3.63, 3.8) is 0 Å². The van der Waals surface area contributed by atoms with Crippen LogP contribution in [-0.2, 0) is 19.6 Å². The van der Waals surface area contributed by atoms with E-state index in [-0.39, 0.29) is 5.91 Å². The molecule has 0 aromatic carbocycles. The molecule has 19 heavy (non-hydrogen) atoms. The van der Waals surface area contributed by atoms with Crippen molar-refractivity contribution in [1.82, 2.24) is 9.21 Å². The Hall–Kier alpha value is -1.15. The topological polar surface area (TPSA) is 95.0 Å². The van der Waals surface area contributed by atoms with Crippen molar-refractivity contribution in [3.05, 3.63) is 0 Å². The maximum atomic E-state index is 12.4. The van der Waals surface area contributed by atoms with Crippen molar-refractivity contribution < 1.29 is 23.1 Å². The average Bonchev–Trinajstić information content (AvgIpc) is 2.96. The normalized spacial score (nSPS) is 28.8. The molecular weight excluding hydrogens is 272 g/mol. The number of sulfonamides is 1. The minimum absolute atomic E-state index is 0.334. The summed E-state index contributed by atoms with van der Waals surface area (Å²) in [4.78, 5) is 24.8. The average molecular weight is 290 g/mol. The molecule has 2 rings (SSSR count). The predicted molar refractivity (Wildman–Crippen MR) is 66.9 cm³/mol. The van der Waals surface area contributed by atoms with Gasteiger partial charge in [-0.05, 0) is 25.7 Å². The molecule has 2 atom stereocenters. The lowest BCUT2D eigenvalue weighted by Crippen LogP contribution is -2.50. The standard InChI is InChI=1S/C11H18N2O5S/c1-19(17,18)13-7-3-4-8(13)10(14)12-6-2-5-9(12)11(15)16/h8-9H,2-7H2,1H3,(H,15,16)/t8?,9-/m1/s1. The van der Waals surface area contributed by atoms with E-state index in [2.05, 4.69) is 0 Å². The van der Waals surface area contributed by atoms with E-state index in [4.69, 9.17) is 5.11 Å². The van der Waals surface area contributed by atoms with Crippen LogP contribution in [0.25, 0.3) is 0 Å². The van der Waals surface area contributed by atoms with Gasteiger partial charge in [0.05, 0.1) is 6.26 Å². The van der Waals surface area contributed by atoms with Crippen LogP contribution in [0.1, 0.15) is 25.7 Å². The lowest BCUT2D eigenvalue weighted by atomic mass is 10.1. The van der Waals surface area contributed by atoms with E-state index in [0.717, 1.165) is 6.26 Å². The van der Waals surface area contributed by atoms with Crippen molar-refractivity contribution in [2.45, 2.75) is 37.8 Å². The number of carbonyl (C=O) groups excluding carboxylic acids is 1. The smallest absolute Gasteiger partial charge is 0.326 e. The second kappa shape index (κ2) is 5.09. The third-order valence-corrected chi connectivity index (χ3v) is 5.02. The zero-order chi connectivity index (χ0) is 14.2. The summed E-state index contributed by atoms with van der Waals surface area (Å²) in [5, 5.41) is 9.08. The largest absolute Gasteiger partial charge is 0.480 e. The van der Waals surface area contributed by atoms with Gasteiger partial charge < -0.3 is 10.0 Å². The maximum Gasteiger partial charge on any atom is 0.326 e. The Kier molecular flexibility index (Phi) is 3.82. The van der Waals surface area contributed by atoms with E-state index in [1.807, 2.05) is 0 Å². The van der Waals surface area contributed by atoms with Crippen LogP contribution < -0.4 is 0 Å². The van der Waals surface area contributed by atoms with Gasteiger partial charge in [0.1, 0.15) is 12.1 Å². The third kappa shape index (κ3) is 2.74. The SMILES string of the molecule is CS(=O)(=O)N1CCCC1C(=O)N1CCC[C@@H]1C(=O)O. The highest BCUT2D eigenvalue weighted by atomic mass is 32.2. The molecule has 0 spiro atoms. The van der Waals surface area contributed by atoms with Gasteiger partial charge in [0.15, 0.2) is 0 Å². The summed E-state index contributed by atoms with van der Waals surface area (Å²) in [5.41, 5.74) is 0. The van der Waals surface area contributed by atoms with E-state index in [1.165, 1.54) is 9.21 Å². The molecular formula is C11H18N2O5S. The van der Waals surface area contributed by atoms with E-state index in [9.17, 15) is 18.0 Å². The Balaban J connectivity index is 2.17. The highest BCUT2D eigenvalue weighted by Gasteiger charge is 2.43. The van der Waals surface area contributed by atoms with E-state index in [0.29, 0.717) is 38.8 Å². The molecule has 1 amide bonds. The van der Waals surface area contributed by atoms with Crippen LogP contribution in [0.3, 0.4) is 0 Å². The van der Waals surface area contributed by atoms with E-state index >= 15 is 0 Å². The first-order valence-corrected chi connectivity index (χ1v) is 8.17. The van der Waals surface area contributed by atoms with Crippen LogP contribution in [-0.4, -0.2) is 66.0 Å². The number of carboxylic acids is 1. The first kappa shape index (κ1) is 14.3. The summed E-state index contributed by atoms with van der Waals surface area (Å²) in [7, 11) is -3.43. The van der Waals surface area contributed by atoms with Gasteiger partial charge in [0.25, 0.3) is 0 Å². The molecule has 2 aliphatic heterocycles. The minimum Gasteiger partial charge on any atom is -0.480 e. The molecule has 0 aromatic heterocycles. The van der Waals surface area contributed by atoms with Gasteiger partial charge in [-0.25, -0.2) is 13.2 Å². The summed E-state index contributed by atoms with van der Waals surface area (Å²) in [6.07, 6.45) is 3.27. The molecule has 0 bridgehead atoms. The molecule has 108 valence electrons. The van der Waals surface area contributed by atoms with Crippen LogP contribution in [0.4, 0.5) is 0 Å². The van der Waals surface area contributed by atoms with Crippen LogP contribution >= 0.6 is 0 Å². The Morgan fingerprint density at radius 2 is 1.68 bits per heavy atom. The molecule has 0 aromatic rings. The second-order valence-electron chi connectivity index (χ2n) is 5.06. The Bertz CT molecular complexity index is 489. The Labute approximate surface area is 112 Å². The number of likely N-dealkylation sites (tertiary alicyclic amines) is 1. The molecule has 0 aliphatic carbocycles. The van der Waals surface area contributed by atoms with Crippen molar-refractivity contribution in [2.75, 3.05) is 19.3 Å². The predicted octanol–water partition coefficient (Wildman–Crippen LogP) is -0.514. The number of rotatable bonds is 3. The molecule has 8 heteroatoms. The quantitative estimate of drug-likeness (QED) is 0.755. The van der Waals surface area contributed by atoms with Crippen LogP contribution in [0, 0.1) is 0 Å². The molecule has 0 saturated carbocycles. The van der Waals surface area contributed by atoms with Gasteiger partial charge in [0.2, 0.25) is 15.9 Å². The molecule has 7 nitrogen and oxygen atoms in total. The fourth-order valence-corrected chi connectivity index (χ4v) is 3.98. The molecule has 2 saturated heterocycles. The molecule has 1 unspecified atom stereocenters. The summed E-state index contributed by atoms with van der Waals surface area (Å²) in [6.45, 7) is 0.727. The van der Waals surface area contributed by atoms with Gasteiger partial charge in [-0.15, -0.1) is 0 Å². The van der Waals surface area contributed by atoms with Gasteiger partial charge in [-0.2, -0.15) is 4.31 Å². The first-order valence-electron chi connectivity index (χ1n) is 6.32. The summed E-state index contributed by atoms with van der Waals surface area (Å²) < 4.78 is 24.4. The fourth-order valence-electron chi connectivity index (χ4n) is 2.86. The number of amides is 1. The van der Waals surface area contributed by atoms with Gasteiger partial charge in [0, 0.05) is 13.1 Å². The first-order chi connectivity index (χ1) is 8.82. The highest BCUT2D eigenvalue weighted by Crippen LogP contribution is 2.26. The summed E-state index contributed by atoms with van der Waals surface area (Å²) in [6, 6.07) is -1.54. The van der Waals surface area contributed by atoms with E-state index in [1.54, 1.807) is 0 Å². The second-order valence-corrected chi connectivity index (χ2v) is 6.99. The van der Waals surface area contributed by atoms with Crippen LogP contribution in [0.2, 0.25) is 0 Å². The number of nitrogens with zero attached hydrogens (tertiary/aromatic N) is 2. The fraction of sp³-hybridized carbons (Fsp3) is 0.818. The monoisotopic (exact) mass is 290 g/mol. The van der Waals surface area contributed by atoms with Crippen molar-refractivity contribution >= 4 is 21.9 Å². The summed E-state index contributed by atoms with van der Waals surface area (Å²) in [5.74, 6) is -1.39. The number of carboxylic acid groups (broad SMARTS) is 1.